The molecule has 1 spiro atoms. The summed E-state index contributed by atoms with van der Waals surface area (Å²) < 4.78 is 48.8. The van der Waals surface area contributed by atoms with Crippen LogP contribution in [0.1, 0.15) is 87.7 Å². The van der Waals surface area contributed by atoms with Crippen LogP contribution in [0.5, 0.6) is 0 Å². The molecule has 2 aliphatic heterocycles. The van der Waals surface area contributed by atoms with Crippen molar-refractivity contribution in [3.8, 4) is 0 Å². The van der Waals surface area contributed by atoms with E-state index in [1.165, 1.54) is 56.4 Å². The average molecular weight is 826 g/mol. The zero-order valence-corrected chi connectivity index (χ0v) is 33.7. The first kappa shape index (κ1) is 43.1. The van der Waals surface area contributed by atoms with Crippen molar-refractivity contribution < 1.29 is 81.7 Å². The second-order valence-corrected chi connectivity index (χ2v) is 15.9. The highest BCUT2D eigenvalue weighted by Gasteiger charge is 2.91. The minimum absolute atomic E-state index is 0.0328. The fourth-order valence-corrected chi connectivity index (χ4v) is 9.54. The maximum atomic E-state index is 14.3. The van der Waals surface area contributed by atoms with E-state index in [1.54, 1.807) is 13.0 Å². The van der Waals surface area contributed by atoms with Crippen molar-refractivity contribution >= 4 is 41.8 Å². The number of fused-ring (bicyclic) bond motifs is 5. The molecule has 1 saturated heterocycles. The number of pyridine rings is 1. The third-order valence-electron chi connectivity index (χ3n) is 12.1. The van der Waals surface area contributed by atoms with Crippen LogP contribution in [0.15, 0.2) is 48.7 Å². The predicted octanol–water partition coefficient (Wildman–Crippen LogP) is 1.76. The lowest BCUT2D eigenvalue weighted by Gasteiger charge is -2.67. The summed E-state index contributed by atoms with van der Waals surface area (Å²) in [4.78, 5) is 99.4. The summed E-state index contributed by atoms with van der Waals surface area (Å²) in [5.41, 5.74) is -10.2. The van der Waals surface area contributed by atoms with Crippen LogP contribution in [0, 0.1) is 17.3 Å². The molecule has 4 aliphatic rings. The van der Waals surface area contributed by atoms with Gasteiger partial charge in [-0.3, -0.25) is 29.0 Å². The summed E-state index contributed by atoms with van der Waals surface area (Å²) in [5.74, 6) is -10.6. The second kappa shape index (κ2) is 15.6. The Morgan fingerprint density at radius 2 is 1.44 bits per heavy atom. The number of hydrogen-bond donors (Lipinski definition) is 2. The minimum Gasteiger partial charge on any atom is -0.465 e. The summed E-state index contributed by atoms with van der Waals surface area (Å²) in [6, 6.07) is 10.3. The van der Waals surface area contributed by atoms with Crippen LogP contribution in [0.2, 0.25) is 0 Å². The molecule has 0 radical (unpaired) electrons. The highest BCUT2D eigenvalue weighted by molar-refractivity contribution is 5.91. The van der Waals surface area contributed by atoms with Gasteiger partial charge in [-0.25, -0.2) is 9.59 Å². The highest BCUT2D eigenvalue weighted by Crippen LogP contribution is 2.70. The van der Waals surface area contributed by atoms with E-state index in [4.69, 9.17) is 37.9 Å². The molecule has 18 heteroatoms. The SMILES string of the molecule is CC(=O)OC[C@@]12[C@@H](OC(=O)c3ccccc3)[C@H](O)[C@@H]3OC(=O)[C@H](C)[C@@H](C)c4ncccc4C(=O)OC[C@@]4(C)O[C@@]1([C@H](OC(C)=O)[C@H]4[C@@H](OC(C)=O)[C@@H]2OC(C)=O)[C@@]3(C)O. The Bertz CT molecular complexity index is 2040. The van der Waals surface area contributed by atoms with Crippen LogP contribution in [0.4, 0.5) is 0 Å². The van der Waals surface area contributed by atoms with E-state index in [0.717, 1.165) is 34.6 Å². The fraction of sp³-hybridized carbons (Fsp3) is 0.561. The summed E-state index contributed by atoms with van der Waals surface area (Å²) >= 11 is 0. The van der Waals surface area contributed by atoms with Crippen molar-refractivity contribution in [2.45, 2.75) is 115 Å². The van der Waals surface area contributed by atoms with Crippen molar-refractivity contribution in [1.82, 2.24) is 4.98 Å². The Balaban J connectivity index is 1.76. The van der Waals surface area contributed by atoms with Gasteiger partial charge in [0, 0.05) is 39.8 Å². The molecule has 318 valence electrons. The third kappa shape index (κ3) is 6.89. The molecule has 6 rings (SSSR count). The number of rotatable bonds is 7. The summed E-state index contributed by atoms with van der Waals surface area (Å²) in [6.45, 7) is 7.80. The van der Waals surface area contributed by atoms with E-state index in [2.05, 4.69) is 4.98 Å². The van der Waals surface area contributed by atoms with Crippen molar-refractivity contribution in [2.75, 3.05) is 13.2 Å². The molecule has 13 atom stereocenters. The van der Waals surface area contributed by atoms with Gasteiger partial charge in [-0.1, -0.05) is 32.0 Å². The molecule has 18 nitrogen and oxygen atoms in total. The van der Waals surface area contributed by atoms with Gasteiger partial charge < -0.3 is 48.1 Å². The highest BCUT2D eigenvalue weighted by atomic mass is 16.7. The van der Waals surface area contributed by atoms with Crippen LogP contribution >= 0.6 is 0 Å². The number of aromatic nitrogens is 1. The van der Waals surface area contributed by atoms with Crippen LogP contribution in [0.3, 0.4) is 0 Å². The third-order valence-corrected chi connectivity index (χ3v) is 12.1. The monoisotopic (exact) mass is 825 g/mol. The van der Waals surface area contributed by atoms with Crippen LogP contribution in [-0.4, -0.2) is 124 Å². The predicted molar refractivity (Wildman–Crippen MR) is 196 cm³/mol. The van der Waals surface area contributed by atoms with E-state index in [0.29, 0.717) is 0 Å². The maximum Gasteiger partial charge on any atom is 0.340 e. The molecule has 0 unspecified atom stereocenters. The van der Waals surface area contributed by atoms with E-state index < -0.39 is 132 Å². The van der Waals surface area contributed by atoms with E-state index >= 15 is 0 Å². The van der Waals surface area contributed by atoms with Crippen molar-refractivity contribution in [2.24, 2.45) is 17.3 Å². The Labute approximate surface area is 338 Å². The standard InChI is InChI=1S/C41H47NO17/c1-19-20(2)35(48)57-32-29(47)33(58-36(49)25-13-10-9-11-14-25)40(18-52-21(3)43)34(56-24(6)46)30(54-22(4)44)27-31(55-23(5)45)41(40,39(32,8)51)59-38(27,7)17-53-37(50)26-15-12-16-42-28(19)26/h9-16,19-20,27,29-34,47,51H,17-18H2,1-8H3/t19-,20-,27-,29-,30-,31-,32+,33+,34+,38-,39+,40+,41+/m1/s1. The number of carbonyl (C=O) groups is 7. The first-order valence-electron chi connectivity index (χ1n) is 19.0. The number of aliphatic hydroxyl groups is 2. The number of cyclic esters (lactones) is 1. The van der Waals surface area contributed by atoms with Gasteiger partial charge in [-0.15, -0.1) is 0 Å². The lowest BCUT2D eigenvalue weighted by atomic mass is 9.45. The molecular formula is C41H47NO17. The van der Waals surface area contributed by atoms with Gasteiger partial charge in [-0.2, -0.15) is 0 Å². The van der Waals surface area contributed by atoms with Crippen molar-refractivity contribution in [3.05, 3.63) is 65.5 Å². The second-order valence-electron chi connectivity index (χ2n) is 15.9. The van der Waals surface area contributed by atoms with Crippen molar-refractivity contribution in [3.63, 3.8) is 0 Å². The Morgan fingerprint density at radius 1 is 0.814 bits per heavy atom. The molecule has 2 saturated carbocycles. The molecule has 4 bridgehead atoms. The summed E-state index contributed by atoms with van der Waals surface area (Å²) in [6.07, 6.45) is -10.9. The smallest absolute Gasteiger partial charge is 0.340 e. The van der Waals surface area contributed by atoms with Crippen molar-refractivity contribution in [1.29, 1.82) is 0 Å². The molecule has 1 aromatic heterocycles. The average Bonchev–Trinajstić information content (AvgIpc) is 3.39. The maximum absolute atomic E-state index is 14.3. The fourth-order valence-electron chi connectivity index (χ4n) is 9.54. The molecule has 2 aliphatic carbocycles. The number of benzene rings is 1. The van der Waals surface area contributed by atoms with Crippen LogP contribution in [-0.2, 0) is 61.9 Å². The molecule has 2 N–H and O–H groups in total. The number of hydrogen-bond acceptors (Lipinski definition) is 18. The largest absolute Gasteiger partial charge is 0.465 e. The number of carbonyl (C=O) groups excluding carboxylic acids is 7. The number of aliphatic hydroxyl groups excluding tert-OH is 1. The van der Waals surface area contributed by atoms with Gasteiger partial charge in [-0.05, 0) is 38.1 Å². The molecule has 0 amide bonds. The van der Waals surface area contributed by atoms with Gasteiger partial charge in [0.25, 0.3) is 0 Å². The zero-order valence-electron chi connectivity index (χ0n) is 33.7. The van der Waals surface area contributed by atoms with E-state index in [9.17, 15) is 43.8 Å². The molecule has 2 aromatic rings. The van der Waals surface area contributed by atoms with Gasteiger partial charge in [0.1, 0.15) is 54.2 Å². The topological polar surface area (TPSA) is 247 Å². The molecule has 1 aromatic carbocycles. The summed E-state index contributed by atoms with van der Waals surface area (Å²) in [5, 5.41) is 26.0. The van der Waals surface area contributed by atoms with Gasteiger partial charge >= 0.3 is 41.8 Å². The van der Waals surface area contributed by atoms with Gasteiger partial charge in [0.15, 0.2) is 17.8 Å². The first-order chi connectivity index (χ1) is 27.6. The first-order valence-corrected chi connectivity index (χ1v) is 19.0. The molecular weight excluding hydrogens is 778 g/mol. The molecule has 3 heterocycles. The zero-order chi connectivity index (χ0) is 43.4. The van der Waals surface area contributed by atoms with Gasteiger partial charge in [0.05, 0.1) is 28.7 Å². The van der Waals surface area contributed by atoms with E-state index in [-0.39, 0.29) is 16.8 Å². The number of ether oxygens (including phenoxy) is 8. The Hall–Kier alpha value is -5.46. The van der Waals surface area contributed by atoms with Gasteiger partial charge in [0.2, 0.25) is 0 Å². The van der Waals surface area contributed by atoms with Crippen LogP contribution < -0.4 is 0 Å². The normalized spacial score (nSPS) is 37.4. The van der Waals surface area contributed by atoms with Crippen LogP contribution in [0.25, 0.3) is 0 Å². The quantitative estimate of drug-likeness (QED) is 0.298. The number of esters is 7. The Kier molecular flexibility index (Phi) is 11.4. The minimum atomic E-state index is -2.82. The number of nitrogens with zero attached hydrogens (tertiary/aromatic N) is 1. The summed E-state index contributed by atoms with van der Waals surface area (Å²) in [7, 11) is 0. The molecule has 3 fully saturated rings. The molecule has 59 heavy (non-hydrogen) atoms. The lowest BCUT2D eigenvalue weighted by Crippen LogP contribution is -2.89. The Morgan fingerprint density at radius 3 is 2.05 bits per heavy atom. The van der Waals surface area contributed by atoms with E-state index in [1.807, 2.05) is 0 Å². The lowest BCUT2D eigenvalue weighted by molar-refractivity contribution is -0.385.